The molecule has 1 fully saturated rings. The summed E-state index contributed by atoms with van der Waals surface area (Å²) in [5, 5.41) is 12.3. The minimum atomic E-state index is -1.09. The Kier molecular flexibility index (Phi) is 4.87. The van der Waals surface area contributed by atoms with E-state index in [1.807, 2.05) is 25.8 Å². The van der Waals surface area contributed by atoms with Gasteiger partial charge in [0.1, 0.15) is 0 Å². The van der Waals surface area contributed by atoms with Crippen LogP contribution in [0.15, 0.2) is 0 Å². The van der Waals surface area contributed by atoms with Crippen LogP contribution < -0.4 is 0 Å². The molecule has 0 saturated carbocycles. The van der Waals surface area contributed by atoms with Crippen LogP contribution in [0.2, 0.25) is 0 Å². The van der Waals surface area contributed by atoms with Crippen LogP contribution in [0, 0.1) is 5.41 Å². The Morgan fingerprint density at radius 3 is 1.90 bits per heavy atom. The summed E-state index contributed by atoms with van der Waals surface area (Å²) in [5.41, 5.74) is -1.82. The van der Waals surface area contributed by atoms with Gasteiger partial charge in [-0.15, -0.1) is 5.06 Å². The number of piperidine rings is 1. The third-order valence-corrected chi connectivity index (χ3v) is 4.97. The van der Waals surface area contributed by atoms with E-state index in [4.69, 9.17) is 4.84 Å². The van der Waals surface area contributed by atoms with Gasteiger partial charge in [-0.1, -0.05) is 20.8 Å². The summed E-state index contributed by atoms with van der Waals surface area (Å²) in [6, 6.07) is 0. The van der Waals surface area contributed by atoms with Crippen molar-refractivity contribution in [1.29, 1.82) is 0 Å². The summed E-state index contributed by atoms with van der Waals surface area (Å²) < 4.78 is 0. The summed E-state index contributed by atoms with van der Waals surface area (Å²) in [4.78, 5) is 18.0. The summed E-state index contributed by atoms with van der Waals surface area (Å²) in [7, 11) is 0. The van der Waals surface area contributed by atoms with Crippen LogP contribution in [0.5, 0.6) is 0 Å². The van der Waals surface area contributed by atoms with Gasteiger partial charge in [-0.3, -0.25) is 4.79 Å². The molecule has 0 aromatic heterocycles. The van der Waals surface area contributed by atoms with Gasteiger partial charge in [-0.2, -0.15) is 0 Å². The largest absolute Gasteiger partial charge is 0.389 e. The predicted molar refractivity (Wildman–Crippen MR) is 84.6 cm³/mol. The van der Waals surface area contributed by atoms with E-state index in [0.29, 0.717) is 0 Å². The maximum atomic E-state index is 12.3. The van der Waals surface area contributed by atoms with Gasteiger partial charge in [0.2, 0.25) is 0 Å². The summed E-state index contributed by atoms with van der Waals surface area (Å²) in [6.45, 7) is 15.9. The van der Waals surface area contributed by atoms with Crippen LogP contribution in [0.4, 0.5) is 0 Å². The van der Waals surface area contributed by atoms with Crippen LogP contribution in [0.1, 0.15) is 81.1 Å². The molecule has 1 aliphatic rings. The fraction of sp³-hybridized carbons (Fsp3) is 0.941. The Hall–Kier alpha value is -0.610. The Morgan fingerprint density at radius 2 is 1.52 bits per heavy atom. The molecule has 4 nitrogen and oxygen atoms in total. The monoisotopic (exact) mass is 299 g/mol. The van der Waals surface area contributed by atoms with Gasteiger partial charge in [-0.05, 0) is 59.3 Å². The van der Waals surface area contributed by atoms with Crippen molar-refractivity contribution in [2.24, 2.45) is 5.41 Å². The maximum absolute atomic E-state index is 12.3. The lowest BCUT2D eigenvalue weighted by Gasteiger charge is -2.50. The fourth-order valence-corrected chi connectivity index (χ4v) is 2.90. The molecule has 1 rings (SSSR count). The van der Waals surface area contributed by atoms with Crippen molar-refractivity contribution in [2.75, 3.05) is 0 Å². The lowest BCUT2D eigenvalue weighted by Crippen LogP contribution is -2.59. The molecule has 0 aliphatic carbocycles. The normalized spacial score (nSPS) is 25.2. The van der Waals surface area contributed by atoms with Gasteiger partial charge in [0.25, 0.3) is 0 Å². The molecular formula is C17H33NO3. The minimum Gasteiger partial charge on any atom is -0.389 e. The fourth-order valence-electron chi connectivity index (χ4n) is 2.90. The van der Waals surface area contributed by atoms with Gasteiger partial charge >= 0.3 is 5.97 Å². The third-order valence-electron chi connectivity index (χ3n) is 4.97. The van der Waals surface area contributed by atoms with Crippen LogP contribution in [0.3, 0.4) is 0 Å². The van der Waals surface area contributed by atoms with Gasteiger partial charge in [0.15, 0.2) is 0 Å². The first kappa shape index (κ1) is 18.4. The number of hydroxylamine groups is 2. The second kappa shape index (κ2) is 5.54. The lowest BCUT2D eigenvalue weighted by atomic mass is 9.76. The summed E-state index contributed by atoms with van der Waals surface area (Å²) >= 11 is 0. The Labute approximate surface area is 129 Å². The molecule has 124 valence electrons. The summed E-state index contributed by atoms with van der Waals surface area (Å²) in [6.07, 6.45) is 3.13. The zero-order valence-electron chi connectivity index (χ0n) is 15.0. The van der Waals surface area contributed by atoms with E-state index < -0.39 is 5.60 Å². The molecule has 0 aromatic rings. The highest BCUT2D eigenvalue weighted by Crippen LogP contribution is 2.39. The van der Waals surface area contributed by atoms with E-state index in [2.05, 4.69) is 27.7 Å². The molecule has 0 bridgehead atoms. The highest BCUT2D eigenvalue weighted by atomic mass is 16.7. The molecule has 4 heteroatoms. The highest BCUT2D eigenvalue weighted by molar-refractivity contribution is 5.70. The first-order chi connectivity index (χ1) is 9.19. The van der Waals surface area contributed by atoms with E-state index >= 15 is 0 Å². The minimum absolute atomic E-state index is 0.000833. The SMILES string of the molecule is CC1(C)CCCC(C)(C)N1OC(=O)CC(C)(O)C(C)(C)C. The number of hydrogen-bond donors (Lipinski definition) is 1. The van der Waals surface area contributed by atoms with Crippen molar-refractivity contribution in [3.05, 3.63) is 0 Å². The predicted octanol–water partition coefficient (Wildman–Crippen LogP) is 3.67. The third kappa shape index (κ3) is 4.19. The number of carbonyl (C=O) groups is 1. The molecule has 21 heavy (non-hydrogen) atoms. The van der Waals surface area contributed by atoms with Gasteiger partial charge in [0, 0.05) is 0 Å². The van der Waals surface area contributed by atoms with Gasteiger partial charge < -0.3 is 9.94 Å². The van der Waals surface area contributed by atoms with Crippen LogP contribution in [-0.4, -0.2) is 32.8 Å². The number of nitrogens with zero attached hydrogens (tertiary/aromatic N) is 1. The van der Waals surface area contributed by atoms with Crippen molar-refractivity contribution < 1.29 is 14.7 Å². The Morgan fingerprint density at radius 1 is 1.10 bits per heavy atom. The van der Waals surface area contributed by atoms with E-state index in [1.54, 1.807) is 6.92 Å². The summed E-state index contributed by atoms with van der Waals surface area (Å²) in [5.74, 6) is -0.363. The van der Waals surface area contributed by atoms with Crippen molar-refractivity contribution in [3.63, 3.8) is 0 Å². The second-order valence-electron chi connectivity index (χ2n) is 8.94. The van der Waals surface area contributed by atoms with Crippen LogP contribution in [-0.2, 0) is 9.63 Å². The molecular weight excluding hydrogens is 266 g/mol. The number of carbonyl (C=O) groups excluding carboxylic acids is 1. The van der Waals surface area contributed by atoms with E-state index in [0.717, 1.165) is 19.3 Å². The van der Waals surface area contributed by atoms with Crippen LogP contribution >= 0.6 is 0 Å². The van der Waals surface area contributed by atoms with Crippen molar-refractivity contribution in [2.45, 2.75) is 97.8 Å². The van der Waals surface area contributed by atoms with Gasteiger partial charge in [-0.25, -0.2) is 0 Å². The topological polar surface area (TPSA) is 49.8 Å². The first-order valence-electron chi connectivity index (χ1n) is 7.93. The lowest BCUT2D eigenvalue weighted by molar-refractivity contribution is -0.268. The molecule has 1 unspecified atom stereocenters. The smallest absolute Gasteiger partial charge is 0.328 e. The molecule has 1 aliphatic heterocycles. The standard InChI is InChI=1S/C17H33NO3/c1-14(2,3)17(8,20)12-13(19)21-18-15(4,5)10-9-11-16(18,6)7/h20H,9-12H2,1-8H3. The van der Waals surface area contributed by atoms with Crippen molar-refractivity contribution >= 4 is 5.97 Å². The molecule has 1 atom stereocenters. The molecule has 0 aromatic carbocycles. The zero-order chi connectivity index (χ0) is 16.7. The second-order valence-corrected chi connectivity index (χ2v) is 8.94. The van der Waals surface area contributed by atoms with Crippen molar-refractivity contribution in [3.8, 4) is 0 Å². The molecule has 0 spiro atoms. The highest BCUT2D eigenvalue weighted by Gasteiger charge is 2.45. The number of hydrogen-bond acceptors (Lipinski definition) is 4. The molecule has 1 N–H and O–H groups in total. The zero-order valence-corrected chi connectivity index (χ0v) is 15.0. The first-order valence-corrected chi connectivity index (χ1v) is 7.93. The quantitative estimate of drug-likeness (QED) is 0.863. The number of aliphatic hydroxyl groups is 1. The van der Waals surface area contributed by atoms with Crippen molar-refractivity contribution in [1.82, 2.24) is 5.06 Å². The van der Waals surface area contributed by atoms with E-state index in [1.165, 1.54) is 0 Å². The molecule has 0 radical (unpaired) electrons. The maximum Gasteiger partial charge on any atom is 0.328 e. The Balaban J connectivity index is 2.82. The average Bonchev–Trinajstić information content (AvgIpc) is 2.20. The van der Waals surface area contributed by atoms with Crippen LogP contribution in [0.25, 0.3) is 0 Å². The van der Waals surface area contributed by atoms with E-state index in [-0.39, 0.29) is 28.9 Å². The Bertz CT molecular complexity index is 375. The molecule has 0 amide bonds. The molecule has 1 saturated heterocycles. The van der Waals surface area contributed by atoms with Gasteiger partial charge in [0.05, 0.1) is 23.1 Å². The van der Waals surface area contributed by atoms with E-state index in [9.17, 15) is 9.90 Å². The average molecular weight is 299 g/mol. The number of rotatable bonds is 3. The molecule has 1 heterocycles.